The monoisotopic (exact) mass is 341 g/mol. The van der Waals surface area contributed by atoms with Crippen LogP contribution >= 0.6 is 27.3 Å². The number of thiophene rings is 1. The Labute approximate surface area is 126 Å². The van der Waals surface area contributed by atoms with Crippen LogP contribution in [0.3, 0.4) is 0 Å². The molecule has 0 spiro atoms. The van der Waals surface area contributed by atoms with Gasteiger partial charge in [0.15, 0.2) is 0 Å². The van der Waals surface area contributed by atoms with Gasteiger partial charge in [-0.3, -0.25) is 0 Å². The van der Waals surface area contributed by atoms with Crippen molar-refractivity contribution in [2.75, 3.05) is 0 Å². The molecule has 0 aliphatic heterocycles. The molecule has 1 aromatic heterocycles. The van der Waals surface area contributed by atoms with Crippen molar-refractivity contribution in [3.63, 3.8) is 0 Å². The fourth-order valence-electron chi connectivity index (χ4n) is 2.10. The molecule has 0 saturated carbocycles. The van der Waals surface area contributed by atoms with Crippen LogP contribution in [0.15, 0.2) is 40.2 Å². The lowest BCUT2D eigenvalue weighted by Crippen LogP contribution is -2.30. The van der Waals surface area contributed by atoms with E-state index in [9.17, 15) is 4.39 Å². The summed E-state index contributed by atoms with van der Waals surface area (Å²) in [4.78, 5) is 1.32. The van der Waals surface area contributed by atoms with Crippen molar-refractivity contribution in [1.29, 1.82) is 0 Å². The average molecular weight is 342 g/mol. The van der Waals surface area contributed by atoms with Crippen LogP contribution in [0.5, 0.6) is 0 Å². The minimum Gasteiger partial charge on any atom is -0.307 e. The normalized spacial score (nSPS) is 14.3. The van der Waals surface area contributed by atoms with Crippen LogP contribution in [-0.4, -0.2) is 6.04 Å². The van der Waals surface area contributed by atoms with Crippen molar-refractivity contribution in [3.05, 3.63) is 56.4 Å². The summed E-state index contributed by atoms with van der Waals surface area (Å²) >= 11 is 5.22. The first-order chi connectivity index (χ1) is 9.04. The third-order valence-electron chi connectivity index (χ3n) is 3.00. The number of hydrogen-bond donors (Lipinski definition) is 1. The summed E-state index contributed by atoms with van der Waals surface area (Å²) in [6, 6.07) is 9.55. The van der Waals surface area contributed by atoms with E-state index in [1.165, 1.54) is 17.0 Å². The summed E-state index contributed by atoms with van der Waals surface area (Å²) in [6.45, 7) is 4.32. The number of benzene rings is 1. The second-order valence-corrected chi connectivity index (χ2v) is 6.65. The molecular formula is C15H17BrFNS. The van der Waals surface area contributed by atoms with Crippen LogP contribution in [0.4, 0.5) is 4.39 Å². The molecular weight excluding hydrogens is 325 g/mol. The average Bonchev–Trinajstić information content (AvgIpc) is 2.79. The van der Waals surface area contributed by atoms with E-state index in [4.69, 9.17) is 0 Å². The fraction of sp³-hybridized carbons (Fsp3) is 0.333. The van der Waals surface area contributed by atoms with Crippen molar-refractivity contribution in [1.82, 2.24) is 5.32 Å². The number of halogens is 2. The summed E-state index contributed by atoms with van der Waals surface area (Å²) in [6.07, 6.45) is 0.900. The highest BCUT2D eigenvalue weighted by atomic mass is 79.9. The molecule has 102 valence electrons. The SMILES string of the molecule is CC(Cc1ccc(F)cc1)NC(C)c1cc(Br)cs1. The van der Waals surface area contributed by atoms with Crippen molar-refractivity contribution >= 4 is 27.3 Å². The molecule has 2 rings (SSSR count). The van der Waals surface area contributed by atoms with Gasteiger partial charge in [-0.05, 0) is 60.0 Å². The van der Waals surface area contributed by atoms with Crippen molar-refractivity contribution in [2.45, 2.75) is 32.4 Å². The quantitative estimate of drug-likeness (QED) is 0.812. The Balaban J connectivity index is 1.90. The van der Waals surface area contributed by atoms with Crippen molar-refractivity contribution in [2.24, 2.45) is 0 Å². The van der Waals surface area contributed by atoms with E-state index in [0.29, 0.717) is 12.1 Å². The van der Waals surface area contributed by atoms with Gasteiger partial charge in [-0.15, -0.1) is 11.3 Å². The first kappa shape index (κ1) is 14.7. The van der Waals surface area contributed by atoms with Gasteiger partial charge in [0.25, 0.3) is 0 Å². The van der Waals surface area contributed by atoms with Gasteiger partial charge in [-0.1, -0.05) is 12.1 Å². The molecule has 0 fully saturated rings. The molecule has 19 heavy (non-hydrogen) atoms. The Morgan fingerprint density at radius 3 is 2.53 bits per heavy atom. The Bertz CT molecular complexity index is 523. The van der Waals surface area contributed by atoms with E-state index < -0.39 is 0 Å². The third-order valence-corrected chi connectivity index (χ3v) is 4.88. The van der Waals surface area contributed by atoms with Crippen LogP contribution in [0, 0.1) is 5.82 Å². The largest absolute Gasteiger partial charge is 0.307 e. The van der Waals surface area contributed by atoms with Crippen molar-refractivity contribution in [3.8, 4) is 0 Å². The van der Waals surface area contributed by atoms with E-state index >= 15 is 0 Å². The van der Waals surface area contributed by atoms with Gasteiger partial charge in [0.05, 0.1) is 0 Å². The second-order valence-electron chi connectivity index (χ2n) is 4.79. The van der Waals surface area contributed by atoms with E-state index in [-0.39, 0.29) is 5.82 Å². The molecule has 0 amide bonds. The molecule has 1 heterocycles. The minimum absolute atomic E-state index is 0.179. The van der Waals surface area contributed by atoms with Gasteiger partial charge >= 0.3 is 0 Å². The predicted octanol–water partition coefficient (Wildman–Crippen LogP) is 4.93. The highest BCUT2D eigenvalue weighted by Gasteiger charge is 2.11. The molecule has 1 nitrogen and oxygen atoms in total. The van der Waals surface area contributed by atoms with E-state index in [2.05, 4.69) is 46.5 Å². The van der Waals surface area contributed by atoms with Gasteiger partial charge in [-0.25, -0.2) is 4.39 Å². The van der Waals surface area contributed by atoms with E-state index in [1.54, 1.807) is 11.3 Å². The zero-order valence-electron chi connectivity index (χ0n) is 11.0. The summed E-state index contributed by atoms with van der Waals surface area (Å²) in [7, 11) is 0. The number of rotatable bonds is 5. The lowest BCUT2D eigenvalue weighted by Gasteiger charge is -2.19. The topological polar surface area (TPSA) is 12.0 Å². The highest BCUT2D eigenvalue weighted by molar-refractivity contribution is 9.10. The first-order valence-electron chi connectivity index (χ1n) is 6.29. The van der Waals surface area contributed by atoms with E-state index in [1.807, 2.05) is 12.1 Å². The molecule has 0 saturated heterocycles. The van der Waals surface area contributed by atoms with Gasteiger partial charge in [0.1, 0.15) is 5.82 Å². The number of nitrogens with one attached hydrogen (secondary N) is 1. The standard InChI is InChI=1S/C15H17BrFNS/c1-10(7-12-3-5-14(17)6-4-12)18-11(2)15-8-13(16)9-19-15/h3-6,8-11,18H,7H2,1-2H3. The summed E-state index contributed by atoms with van der Waals surface area (Å²) in [5.74, 6) is -0.179. The second kappa shape index (κ2) is 6.64. The number of hydrogen-bond acceptors (Lipinski definition) is 2. The van der Waals surface area contributed by atoms with Crippen LogP contribution < -0.4 is 5.32 Å². The van der Waals surface area contributed by atoms with E-state index in [0.717, 1.165) is 16.5 Å². The lowest BCUT2D eigenvalue weighted by molar-refractivity contribution is 0.481. The Morgan fingerprint density at radius 1 is 1.26 bits per heavy atom. The molecule has 1 aromatic carbocycles. The smallest absolute Gasteiger partial charge is 0.123 e. The summed E-state index contributed by atoms with van der Waals surface area (Å²) in [5.41, 5.74) is 1.15. The third kappa shape index (κ3) is 4.41. The Morgan fingerprint density at radius 2 is 1.95 bits per heavy atom. The Kier molecular flexibility index (Phi) is 5.13. The van der Waals surface area contributed by atoms with Crippen LogP contribution in [0.25, 0.3) is 0 Å². The minimum atomic E-state index is -0.179. The van der Waals surface area contributed by atoms with Crippen LogP contribution in [-0.2, 0) is 6.42 Å². The van der Waals surface area contributed by atoms with Gasteiger partial charge in [-0.2, -0.15) is 0 Å². The zero-order chi connectivity index (χ0) is 13.8. The molecule has 0 aliphatic rings. The molecule has 4 heteroatoms. The summed E-state index contributed by atoms with van der Waals surface area (Å²) in [5, 5.41) is 5.66. The molecule has 2 aromatic rings. The molecule has 2 unspecified atom stereocenters. The predicted molar refractivity (Wildman–Crippen MR) is 83.1 cm³/mol. The highest BCUT2D eigenvalue weighted by Crippen LogP contribution is 2.25. The maximum absolute atomic E-state index is 12.8. The van der Waals surface area contributed by atoms with Gasteiger partial charge < -0.3 is 5.32 Å². The molecule has 1 N–H and O–H groups in total. The maximum Gasteiger partial charge on any atom is 0.123 e. The summed E-state index contributed by atoms with van der Waals surface area (Å²) < 4.78 is 14.0. The molecule has 2 atom stereocenters. The van der Waals surface area contributed by atoms with Crippen LogP contribution in [0.2, 0.25) is 0 Å². The van der Waals surface area contributed by atoms with Crippen molar-refractivity contribution < 1.29 is 4.39 Å². The van der Waals surface area contributed by atoms with Gasteiger partial charge in [0.2, 0.25) is 0 Å². The molecule has 0 aliphatic carbocycles. The lowest BCUT2D eigenvalue weighted by atomic mass is 10.1. The molecule has 0 bridgehead atoms. The Hall–Kier alpha value is -0.710. The fourth-order valence-corrected chi connectivity index (χ4v) is 3.56. The maximum atomic E-state index is 12.8. The van der Waals surface area contributed by atoms with Crippen LogP contribution in [0.1, 0.15) is 30.3 Å². The van der Waals surface area contributed by atoms with Gasteiger partial charge in [0, 0.05) is 26.8 Å². The first-order valence-corrected chi connectivity index (χ1v) is 7.96. The zero-order valence-corrected chi connectivity index (χ0v) is 13.4. The molecule has 0 radical (unpaired) electrons.